The zero-order valence-electron chi connectivity index (χ0n) is 13.7. The zero-order valence-corrected chi connectivity index (χ0v) is 14.6. The van der Waals surface area contributed by atoms with Crippen molar-refractivity contribution in [3.05, 3.63) is 59.4 Å². The molecule has 2 N–H and O–H groups in total. The van der Waals surface area contributed by atoms with Crippen LogP contribution in [-0.2, 0) is 10.0 Å². The van der Waals surface area contributed by atoms with Gasteiger partial charge in [-0.2, -0.15) is 0 Å². The average Bonchev–Trinajstić information content (AvgIpc) is 2.55. The van der Waals surface area contributed by atoms with Crippen molar-refractivity contribution in [2.24, 2.45) is 0 Å². The molecular formula is C17H21N3O3S. The fraction of sp³-hybridized carbons (Fsp3) is 0.294. The SMILES string of the molecule is Cc1ccc(S(=O)(=O)NCCCNC(=O)c2ccc(C)nc2)cc1. The maximum atomic E-state index is 12.1. The molecule has 6 nitrogen and oxygen atoms in total. The van der Waals surface area contributed by atoms with Crippen molar-refractivity contribution in [1.82, 2.24) is 15.0 Å². The number of aromatic nitrogens is 1. The van der Waals surface area contributed by atoms with Crippen LogP contribution in [0.2, 0.25) is 0 Å². The van der Waals surface area contributed by atoms with Crippen molar-refractivity contribution < 1.29 is 13.2 Å². The number of aryl methyl sites for hydroxylation is 2. The summed E-state index contributed by atoms with van der Waals surface area (Å²) in [7, 11) is -3.51. The first kappa shape index (κ1) is 18.1. The van der Waals surface area contributed by atoms with E-state index in [1.54, 1.807) is 36.4 Å². The van der Waals surface area contributed by atoms with Gasteiger partial charge in [0.05, 0.1) is 10.5 Å². The Morgan fingerprint density at radius 3 is 2.38 bits per heavy atom. The van der Waals surface area contributed by atoms with E-state index in [0.29, 0.717) is 18.5 Å². The normalized spacial score (nSPS) is 11.2. The number of nitrogens with zero attached hydrogens (tertiary/aromatic N) is 1. The summed E-state index contributed by atoms with van der Waals surface area (Å²) in [5, 5.41) is 2.74. The molecule has 0 radical (unpaired) electrons. The molecule has 0 saturated heterocycles. The van der Waals surface area contributed by atoms with Crippen molar-refractivity contribution in [3.63, 3.8) is 0 Å². The molecule has 1 amide bonds. The Morgan fingerprint density at radius 1 is 1.04 bits per heavy atom. The quantitative estimate of drug-likeness (QED) is 0.748. The van der Waals surface area contributed by atoms with E-state index in [-0.39, 0.29) is 17.3 Å². The van der Waals surface area contributed by atoms with E-state index >= 15 is 0 Å². The van der Waals surface area contributed by atoms with E-state index in [4.69, 9.17) is 0 Å². The number of benzene rings is 1. The first-order chi connectivity index (χ1) is 11.4. The van der Waals surface area contributed by atoms with E-state index in [0.717, 1.165) is 11.3 Å². The maximum Gasteiger partial charge on any atom is 0.252 e. The summed E-state index contributed by atoms with van der Waals surface area (Å²) < 4.78 is 26.7. The lowest BCUT2D eigenvalue weighted by Gasteiger charge is -2.08. The summed E-state index contributed by atoms with van der Waals surface area (Å²) in [5.74, 6) is -0.219. The highest BCUT2D eigenvalue weighted by molar-refractivity contribution is 7.89. The van der Waals surface area contributed by atoms with Crippen LogP contribution < -0.4 is 10.0 Å². The van der Waals surface area contributed by atoms with Crippen molar-refractivity contribution in [2.75, 3.05) is 13.1 Å². The molecule has 0 saturated carbocycles. The van der Waals surface area contributed by atoms with E-state index in [1.165, 1.54) is 6.20 Å². The molecule has 24 heavy (non-hydrogen) atoms. The number of hydrogen-bond acceptors (Lipinski definition) is 4. The molecule has 0 bridgehead atoms. The van der Waals surface area contributed by atoms with Gasteiger partial charge in [0.25, 0.3) is 5.91 Å². The smallest absolute Gasteiger partial charge is 0.252 e. The second-order valence-electron chi connectivity index (χ2n) is 5.51. The van der Waals surface area contributed by atoms with Crippen LogP contribution in [0.15, 0.2) is 47.5 Å². The fourth-order valence-corrected chi connectivity index (χ4v) is 3.08. The Labute approximate surface area is 142 Å². The minimum Gasteiger partial charge on any atom is -0.352 e. The number of rotatable bonds is 7. The molecule has 0 spiro atoms. The molecule has 2 aromatic rings. The van der Waals surface area contributed by atoms with Crippen molar-refractivity contribution in [1.29, 1.82) is 0 Å². The summed E-state index contributed by atoms with van der Waals surface area (Å²) in [6, 6.07) is 10.1. The second kappa shape index (κ2) is 8.03. The zero-order chi connectivity index (χ0) is 17.6. The molecule has 1 aromatic carbocycles. The van der Waals surface area contributed by atoms with Crippen LogP contribution in [0.25, 0.3) is 0 Å². The molecule has 0 unspecified atom stereocenters. The van der Waals surface area contributed by atoms with Gasteiger partial charge in [0, 0.05) is 25.0 Å². The minimum atomic E-state index is -3.51. The first-order valence-electron chi connectivity index (χ1n) is 7.66. The summed E-state index contributed by atoms with van der Waals surface area (Å²) in [4.78, 5) is 16.2. The molecule has 1 heterocycles. The number of hydrogen-bond donors (Lipinski definition) is 2. The van der Waals surface area contributed by atoms with Crippen LogP contribution in [0.3, 0.4) is 0 Å². The van der Waals surface area contributed by atoms with Crippen LogP contribution in [0, 0.1) is 13.8 Å². The number of carbonyl (C=O) groups is 1. The van der Waals surface area contributed by atoms with Crippen LogP contribution in [-0.4, -0.2) is 32.4 Å². The van der Waals surface area contributed by atoms with Gasteiger partial charge in [-0.3, -0.25) is 9.78 Å². The summed E-state index contributed by atoms with van der Waals surface area (Å²) in [6.45, 7) is 4.38. The summed E-state index contributed by atoms with van der Waals surface area (Å²) >= 11 is 0. The highest BCUT2D eigenvalue weighted by Crippen LogP contribution is 2.09. The Balaban J connectivity index is 1.75. The standard InChI is InChI=1S/C17H21N3O3S/c1-13-4-8-16(9-5-13)24(22,23)20-11-3-10-18-17(21)15-7-6-14(2)19-12-15/h4-9,12,20H,3,10-11H2,1-2H3,(H,18,21). The molecular weight excluding hydrogens is 326 g/mol. The monoisotopic (exact) mass is 347 g/mol. The van der Waals surface area contributed by atoms with E-state index in [2.05, 4.69) is 15.0 Å². The minimum absolute atomic E-state index is 0.219. The molecule has 128 valence electrons. The molecule has 0 atom stereocenters. The van der Waals surface area contributed by atoms with Crippen LogP contribution >= 0.6 is 0 Å². The molecule has 0 aliphatic heterocycles. The van der Waals surface area contributed by atoms with E-state index in [1.807, 2.05) is 13.8 Å². The summed E-state index contributed by atoms with van der Waals surface area (Å²) in [6.07, 6.45) is 2.01. The van der Waals surface area contributed by atoms with Crippen LogP contribution in [0.1, 0.15) is 28.0 Å². The van der Waals surface area contributed by atoms with Crippen molar-refractivity contribution >= 4 is 15.9 Å². The lowest BCUT2D eigenvalue weighted by molar-refractivity contribution is 0.0953. The predicted molar refractivity (Wildman–Crippen MR) is 92.3 cm³/mol. The van der Waals surface area contributed by atoms with E-state index in [9.17, 15) is 13.2 Å². The molecule has 7 heteroatoms. The third-order valence-corrected chi connectivity index (χ3v) is 4.91. The Bertz CT molecular complexity index is 785. The Kier molecular flexibility index (Phi) is 6.05. The Hall–Kier alpha value is -2.25. The van der Waals surface area contributed by atoms with Gasteiger partial charge in [0.2, 0.25) is 10.0 Å². The topological polar surface area (TPSA) is 88.2 Å². The Morgan fingerprint density at radius 2 is 1.75 bits per heavy atom. The van der Waals surface area contributed by atoms with Gasteiger partial charge < -0.3 is 5.32 Å². The number of amides is 1. The fourth-order valence-electron chi connectivity index (χ4n) is 2.00. The van der Waals surface area contributed by atoms with Crippen molar-refractivity contribution in [2.45, 2.75) is 25.2 Å². The number of carbonyl (C=O) groups excluding carboxylic acids is 1. The number of nitrogens with one attached hydrogen (secondary N) is 2. The average molecular weight is 347 g/mol. The lowest BCUT2D eigenvalue weighted by atomic mass is 10.2. The second-order valence-corrected chi connectivity index (χ2v) is 7.28. The third-order valence-electron chi connectivity index (χ3n) is 3.44. The van der Waals surface area contributed by atoms with Gasteiger partial charge in [0.1, 0.15) is 0 Å². The van der Waals surface area contributed by atoms with Gasteiger partial charge in [-0.1, -0.05) is 17.7 Å². The number of sulfonamides is 1. The molecule has 1 aromatic heterocycles. The van der Waals surface area contributed by atoms with Gasteiger partial charge in [0.15, 0.2) is 0 Å². The summed E-state index contributed by atoms with van der Waals surface area (Å²) in [5.41, 5.74) is 2.33. The number of pyridine rings is 1. The molecule has 2 rings (SSSR count). The largest absolute Gasteiger partial charge is 0.352 e. The van der Waals surface area contributed by atoms with E-state index < -0.39 is 10.0 Å². The van der Waals surface area contributed by atoms with Gasteiger partial charge in [-0.25, -0.2) is 13.1 Å². The highest BCUT2D eigenvalue weighted by Gasteiger charge is 2.12. The first-order valence-corrected chi connectivity index (χ1v) is 9.14. The van der Waals surface area contributed by atoms with Crippen LogP contribution in [0.4, 0.5) is 0 Å². The maximum absolute atomic E-state index is 12.1. The molecule has 0 aliphatic carbocycles. The van der Waals surface area contributed by atoms with Gasteiger partial charge >= 0.3 is 0 Å². The molecule has 0 aliphatic rings. The predicted octanol–water partition coefficient (Wildman–Crippen LogP) is 1.80. The van der Waals surface area contributed by atoms with Gasteiger partial charge in [-0.15, -0.1) is 0 Å². The third kappa shape index (κ3) is 5.14. The van der Waals surface area contributed by atoms with Crippen molar-refractivity contribution in [3.8, 4) is 0 Å². The highest BCUT2D eigenvalue weighted by atomic mass is 32.2. The van der Waals surface area contributed by atoms with Crippen LogP contribution in [0.5, 0.6) is 0 Å². The lowest BCUT2D eigenvalue weighted by Crippen LogP contribution is -2.30. The molecule has 0 fully saturated rings. The van der Waals surface area contributed by atoms with Gasteiger partial charge in [-0.05, 0) is 44.5 Å².